The summed E-state index contributed by atoms with van der Waals surface area (Å²) >= 11 is 0. The Balaban J connectivity index is 2.85. The van der Waals surface area contributed by atoms with Gasteiger partial charge in [-0.05, 0) is 12.0 Å². The highest BCUT2D eigenvalue weighted by molar-refractivity contribution is 5.68. The Morgan fingerprint density at radius 2 is 2.40 bits per heavy atom. The topological polar surface area (TPSA) is 81.1 Å². The highest BCUT2D eigenvalue weighted by Crippen LogP contribution is 2.23. The van der Waals surface area contributed by atoms with Crippen LogP contribution in [0.25, 0.3) is 0 Å². The summed E-state index contributed by atoms with van der Waals surface area (Å²) < 4.78 is 1.66. The van der Waals surface area contributed by atoms with Gasteiger partial charge in [0.15, 0.2) is 0 Å². The Bertz CT molecular complexity index is 335. The molecule has 2 atom stereocenters. The van der Waals surface area contributed by atoms with Crippen molar-refractivity contribution >= 4 is 5.97 Å². The molecule has 0 saturated heterocycles. The minimum absolute atomic E-state index is 0.0562. The van der Waals surface area contributed by atoms with Gasteiger partial charge < -0.3 is 10.8 Å². The maximum Gasteiger partial charge on any atom is 0.304 e. The van der Waals surface area contributed by atoms with Crippen LogP contribution in [0.3, 0.4) is 0 Å². The van der Waals surface area contributed by atoms with Gasteiger partial charge in [-0.15, -0.1) is 0 Å². The molecule has 3 N–H and O–H groups in total. The van der Waals surface area contributed by atoms with E-state index >= 15 is 0 Å². The van der Waals surface area contributed by atoms with E-state index in [1.54, 1.807) is 17.9 Å². The lowest BCUT2D eigenvalue weighted by Crippen LogP contribution is -2.29. The van der Waals surface area contributed by atoms with E-state index in [-0.39, 0.29) is 18.4 Å². The van der Waals surface area contributed by atoms with Gasteiger partial charge in [-0.3, -0.25) is 9.48 Å². The average molecular weight is 211 g/mol. The molecule has 0 aromatic carbocycles. The van der Waals surface area contributed by atoms with Gasteiger partial charge in [-0.1, -0.05) is 6.92 Å². The molecular weight excluding hydrogens is 194 g/mol. The van der Waals surface area contributed by atoms with Crippen molar-refractivity contribution in [3.63, 3.8) is 0 Å². The molecule has 5 heteroatoms. The second-order valence-electron chi connectivity index (χ2n) is 3.72. The van der Waals surface area contributed by atoms with Crippen LogP contribution in [-0.2, 0) is 11.8 Å². The van der Waals surface area contributed by atoms with Crippen molar-refractivity contribution in [1.82, 2.24) is 9.78 Å². The van der Waals surface area contributed by atoms with Crippen molar-refractivity contribution in [2.45, 2.75) is 31.7 Å². The quantitative estimate of drug-likeness (QED) is 0.751. The van der Waals surface area contributed by atoms with Crippen LogP contribution < -0.4 is 5.73 Å². The summed E-state index contributed by atoms with van der Waals surface area (Å²) in [6, 6.07) is -0.134. The fourth-order valence-electron chi connectivity index (χ4n) is 1.62. The number of nitrogens with zero attached hydrogens (tertiary/aromatic N) is 2. The molecule has 1 aromatic rings. The molecule has 1 heterocycles. The summed E-state index contributed by atoms with van der Waals surface area (Å²) in [5, 5.41) is 12.8. The van der Waals surface area contributed by atoms with Crippen LogP contribution in [0.4, 0.5) is 0 Å². The second-order valence-corrected chi connectivity index (χ2v) is 3.72. The number of aromatic nitrogens is 2. The van der Waals surface area contributed by atoms with E-state index in [1.807, 2.05) is 13.1 Å². The van der Waals surface area contributed by atoms with Gasteiger partial charge in [0.2, 0.25) is 0 Å². The first kappa shape index (κ1) is 11.7. The highest BCUT2D eigenvalue weighted by atomic mass is 16.4. The molecule has 5 nitrogen and oxygen atoms in total. The normalized spacial score (nSPS) is 14.9. The van der Waals surface area contributed by atoms with Crippen molar-refractivity contribution in [2.75, 3.05) is 0 Å². The summed E-state index contributed by atoms with van der Waals surface area (Å²) in [6.07, 6.45) is 4.32. The summed E-state index contributed by atoms with van der Waals surface area (Å²) in [7, 11) is 1.80. The van der Waals surface area contributed by atoms with Gasteiger partial charge in [0.25, 0.3) is 0 Å². The fraction of sp³-hybridized carbons (Fsp3) is 0.600. The molecule has 0 fully saturated rings. The predicted molar refractivity (Wildman–Crippen MR) is 56.5 cm³/mol. The Labute approximate surface area is 88.9 Å². The zero-order valence-corrected chi connectivity index (χ0v) is 9.05. The molecule has 0 amide bonds. The number of aryl methyl sites for hydroxylation is 1. The number of rotatable bonds is 5. The second kappa shape index (κ2) is 4.93. The van der Waals surface area contributed by atoms with Gasteiger partial charge in [-0.2, -0.15) is 5.10 Å². The molecule has 0 aliphatic heterocycles. The molecule has 2 unspecified atom stereocenters. The van der Waals surface area contributed by atoms with E-state index in [1.165, 1.54) is 0 Å². The number of hydrogen-bond acceptors (Lipinski definition) is 3. The van der Waals surface area contributed by atoms with Gasteiger partial charge in [0, 0.05) is 25.2 Å². The molecule has 1 rings (SSSR count). The SMILES string of the molecule is CCC(N)C(CC(=O)O)c1cnn(C)c1. The lowest BCUT2D eigenvalue weighted by atomic mass is 9.90. The average Bonchev–Trinajstić information content (AvgIpc) is 2.59. The van der Waals surface area contributed by atoms with Gasteiger partial charge in [-0.25, -0.2) is 0 Å². The number of nitrogens with two attached hydrogens (primary N) is 1. The first-order valence-electron chi connectivity index (χ1n) is 5.00. The van der Waals surface area contributed by atoms with Gasteiger partial charge >= 0.3 is 5.97 Å². The smallest absolute Gasteiger partial charge is 0.304 e. The van der Waals surface area contributed by atoms with E-state index in [9.17, 15) is 4.79 Å². The number of carbonyl (C=O) groups is 1. The maximum absolute atomic E-state index is 10.7. The van der Waals surface area contributed by atoms with Crippen LogP contribution in [0.2, 0.25) is 0 Å². The molecule has 1 aromatic heterocycles. The van der Waals surface area contributed by atoms with E-state index in [4.69, 9.17) is 10.8 Å². The lowest BCUT2D eigenvalue weighted by Gasteiger charge is -2.19. The molecule has 0 aliphatic carbocycles. The van der Waals surface area contributed by atoms with Crippen molar-refractivity contribution in [1.29, 1.82) is 0 Å². The Kier molecular flexibility index (Phi) is 3.85. The van der Waals surface area contributed by atoms with E-state index in [0.717, 1.165) is 12.0 Å². The molecule has 0 radical (unpaired) electrons. The minimum atomic E-state index is -0.826. The zero-order chi connectivity index (χ0) is 11.4. The highest BCUT2D eigenvalue weighted by Gasteiger charge is 2.22. The summed E-state index contributed by atoms with van der Waals surface area (Å²) in [5.74, 6) is -0.978. The van der Waals surface area contributed by atoms with E-state index in [0.29, 0.717) is 0 Å². The third-order valence-electron chi connectivity index (χ3n) is 2.54. The van der Waals surface area contributed by atoms with Crippen LogP contribution in [0, 0.1) is 0 Å². The van der Waals surface area contributed by atoms with Crippen molar-refractivity contribution in [3.05, 3.63) is 18.0 Å². The molecule has 15 heavy (non-hydrogen) atoms. The summed E-state index contributed by atoms with van der Waals surface area (Å²) in [4.78, 5) is 10.7. The summed E-state index contributed by atoms with van der Waals surface area (Å²) in [6.45, 7) is 1.95. The molecule has 0 bridgehead atoms. The Morgan fingerprint density at radius 3 is 2.80 bits per heavy atom. The minimum Gasteiger partial charge on any atom is -0.481 e. The van der Waals surface area contributed by atoms with Crippen LogP contribution in [-0.4, -0.2) is 26.9 Å². The van der Waals surface area contributed by atoms with Crippen molar-refractivity contribution in [2.24, 2.45) is 12.8 Å². The van der Waals surface area contributed by atoms with Crippen LogP contribution >= 0.6 is 0 Å². The van der Waals surface area contributed by atoms with Crippen molar-refractivity contribution in [3.8, 4) is 0 Å². The van der Waals surface area contributed by atoms with Gasteiger partial charge in [0.1, 0.15) is 0 Å². The van der Waals surface area contributed by atoms with Gasteiger partial charge in [0.05, 0.1) is 12.6 Å². The number of hydrogen-bond donors (Lipinski definition) is 2. The predicted octanol–water partition coefficient (Wildman–Crippen LogP) is 0.716. The molecule has 84 valence electrons. The van der Waals surface area contributed by atoms with Crippen LogP contribution in [0.15, 0.2) is 12.4 Å². The Hall–Kier alpha value is -1.36. The number of carboxylic acid groups (broad SMARTS) is 1. The molecule has 0 spiro atoms. The standard InChI is InChI=1S/C10H17N3O2/c1-3-9(11)8(4-10(14)15)7-5-12-13(2)6-7/h5-6,8-9H,3-4,11H2,1-2H3,(H,14,15). The molecule has 0 aliphatic rings. The number of aliphatic carboxylic acids is 1. The van der Waals surface area contributed by atoms with Crippen LogP contribution in [0.5, 0.6) is 0 Å². The van der Waals surface area contributed by atoms with Crippen molar-refractivity contribution < 1.29 is 9.90 Å². The zero-order valence-electron chi connectivity index (χ0n) is 9.05. The Morgan fingerprint density at radius 1 is 1.73 bits per heavy atom. The molecule has 0 saturated carbocycles. The third-order valence-corrected chi connectivity index (χ3v) is 2.54. The number of carboxylic acids is 1. The first-order valence-corrected chi connectivity index (χ1v) is 5.00. The first-order chi connectivity index (χ1) is 7.04. The van der Waals surface area contributed by atoms with E-state index < -0.39 is 5.97 Å². The third kappa shape index (κ3) is 3.06. The largest absolute Gasteiger partial charge is 0.481 e. The lowest BCUT2D eigenvalue weighted by molar-refractivity contribution is -0.137. The summed E-state index contributed by atoms with van der Waals surface area (Å²) in [5.41, 5.74) is 6.80. The molecular formula is C10H17N3O2. The maximum atomic E-state index is 10.7. The van der Waals surface area contributed by atoms with Crippen LogP contribution in [0.1, 0.15) is 31.2 Å². The fourth-order valence-corrected chi connectivity index (χ4v) is 1.62. The van der Waals surface area contributed by atoms with E-state index in [2.05, 4.69) is 5.10 Å². The monoisotopic (exact) mass is 211 g/mol.